The highest BCUT2D eigenvalue weighted by atomic mass is 32.2. The van der Waals surface area contributed by atoms with Gasteiger partial charge in [-0.25, -0.2) is 8.42 Å². The third kappa shape index (κ3) is 6.43. The monoisotopic (exact) mass is 466 g/mol. The van der Waals surface area contributed by atoms with Crippen LogP contribution in [-0.4, -0.2) is 40.0 Å². The highest BCUT2D eigenvalue weighted by molar-refractivity contribution is 7.92. The molecule has 0 saturated heterocycles. The number of nitrogens with zero attached hydrogens (tertiary/aromatic N) is 1. The van der Waals surface area contributed by atoms with Crippen molar-refractivity contribution in [2.24, 2.45) is 0 Å². The average Bonchev–Trinajstić information content (AvgIpc) is 2.81. The standard InChI is InChI=1S/C25H26N2O5S/c1-32-21-13-8-12-20(18-21)27(33(2,30)31)17-9-16-24(28)26-23-15-7-6-14-22(23)25(29)19-10-4-3-5-11-19/h3-8,10-15,18H,9,16-17H2,1-2H3,(H,26,28). The number of ketones is 1. The summed E-state index contributed by atoms with van der Waals surface area (Å²) in [4.78, 5) is 25.4. The molecule has 0 unspecified atom stereocenters. The molecule has 0 heterocycles. The zero-order valence-corrected chi connectivity index (χ0v) is 19.3. The molecule has 0 spiro atoms. The van der Waals surface area contributed by atoms with Crippen LogP contribution >= 0.6 is 0 Å². The second-order valence-electron chi connectivity index (χ2n) is 7.43. The van der Waals surface area contributed by atoms with E-state index < -0.39 is 10.0 Å². The number of rotatable bonds is 10. The van der Waals surface area contributed by atoms with E-state index in [0.717, 1.165) is 6.26 Å². The number of amides is 1. The molecule has 0 radical (unpaired) electrons. The van der Waals surface area contributed by atoms with Gasteiger partial charge in [0.05, 0.1) is 24.7 Å². The Morgan fingerprint density at radius 1 is 0.939 bits per heavy atom. The molecule has 0 atom stereocenters. The molecule has 0 aliphatic heterocycles. The highest BCUT2D eigenvalue weighted by Crippen LogP contribution is 2.24. The first kappa shape index (κ1) is 24.0. The van der Waals surface area contributed by atoms with E-state index in [2.05, 4.69) is 5.32 Å². The maximum absolute atomic E-state index is 12.8. The minimum atomic E-state index is -3.55. The summed E-state index contributed by atoms with van der Waals surface area (Å²) < 4.78 is 31.0. The number of sulfonamides is 1. The Bertz CT molecular complexity index is 1230. The first-order valence-electron chi connectivity index (χ1n) is 10.4. The fourth-order valence-electron chi connectivity index (χ4n) is 3.38. The number of carbonyl (C=O) groups is 2. The second-order valence-corrected chi connectivity index (χ2v) is 9.34. The Kier molecular flexibility index (Phi) is 7.84. The minimum absolute atomic E-state index is 0.0872. The Labute approximate surface area is 194 Å². The zero-order chi connectivity index (χ0) is 23.8. The lowest BCUT2D eigenvalue weighted by Crippen LogP contribution is -2.31. The van der Waals surface area contributed by atoms with Crippen molar-refractivity contribution in [2.75, 3.05) is 29.5 Å². The molecule has 33 heavy (non-hydrogen) atoms. The van der Waals surface area contributed by atoms with E-state index in [1.807, 2.05) is 6.07 Å². The van der Waals surface area contributed by atoms with Crippen LogP contribution < -0.4 is 14.4 Å². The topological polar surface area (TPSA) is 92.8 Å². The summed E-state index contributed by atoms with van der Waals surface area (Å²) >= 11 is 0. The molecule has 3 rings (SSSR count). The van der Waals surface area contributed by atoms with Crippen LogP contribution in [0.2, 0.25) is 0 Å². The van der Waals surface area contributed by atoms with Gasteiger partial charge in [-0.3, -0.25) is 13.9 Å². The van der Waals surface area contributed by atoms with E-state index in [-0.39, 0.29) is 24.7 Å². The number of methoxy groups -OCH3 is 1. The van der Waals surface area contributed by atoms with E-state index in [4.69, 9.17) is 4.74 Å². The summed E-state index contributed by atoms with van der Waals surface area (Å²) in [5.41, 5.74) is 1.81. The molecule has 1 amide bonds. The lowest BCUT2D eigenvalue weighted by Gasteiger charge is -2.22. The van der Waals surface area contributed by atoms with Crippen LogP contribution in [0.3, 0.4) is 0 Å². The van der Waals surface area contributed by atoms with Crippen LogP contribution in [-0.2, 0) is 14.8 Å². The van der Waals surface area contributed by atoms with E-state index in [9.17, 15) is 18.0 Å². The number of hydrogen-bond acceptors (Lipinski definition) is 5. The van der Waals surface area contributed by atoms with Gasteiger partial charge in [0.1, 0.15) is 5.75 Å². The molecule has 3 aromatic carbocycles. The third-order valence-corrected chi connectivity index (χ3v) is 6.18. The molecule has 3 aromatic rings. The maximum Gasteiger partial charge on any atom is 0.232 e. The molecule has 0 fully saturated rings. The van der Waals surface area contributed by atoms with Gasteiger partial charge < -0.3 is 10.1 Å². The maximum atomic E-state index is 12.8. The van der Waals surface area contributed by atoms with Gasteiger partial charge in [0, 0.05) is 30.2 Å². The number of hydrogen-bond donors (Lipinski definition) is 1. The van der Waals surface area contributed by atoms with Crippen molar-refractivity contribution in [3.05, 3.63) is 90.0 Å². The average molecular weight is 467 g/mol. The van der Waals surface area contributed by atoms with Gasteiger partial charge in [-0.1, -0.05) is 48.5 Å². The van der Waals surface area contributed by atoms with Gasteiger partial charge in [-0.05, 0) is 30.7 Å². The van der Waals surface area contributed by atoms with E-state index >= 15 is 0 Å². The lowest BCUT2D eigenvalue weighted by molar-refractivity contribution is -0.116. The van der Waals surface area contributed by atoms with Crippen molar-refractivity contribution in [2.45, 2.75) is 12.8 Å². The molecule has 1 N–H and O–H groups in total. The van der Waals surface area contributed by atoms with Crippen LogP contribution in [0.25, 0.3) is 0 Å². The Balaban J connectivity index is 1.66. The number of carbonyl (C=O) groups excluding carboxylic acids is 2. The summed E-state index contributed by atoms with van der Waals surface area (Å²) in [5, 5.41) is 2.78. The van der Waals surface area contributed by atoms with Crippen molar-refractivity contribution in [3.8, 4) is 5.75 Å². The third-order valence-electron chi connectivity index (χ3n) is 4.99. The number of nitrogens with one attached hydrogen (secondary N) is 1. The van der Waals surface area contributed by atoms with Crippen molar-refractivity contribution in [3.63, 3.8) is 0 Å². The van der Waals surface area contributed by atoms with Crippen LogP contribution in [0.5, 0.6) is 5.75 Å². The summed E-state index contributed by atoms with van der Waals surface area (Å²) in [6.07, 6.45) is 1.51. The zero-order valence-electron chi connectivity index (χ0n) is 18.5. The van der Waals surface area contributed by atoms with Gasteiger partial charge >= 0.3 is 0 Å². The first-order chi connectivity index (χ1) is 15.8. The molecule has 0 saturated carbocycles. The van der Waals surface area contributed by atoms with E-state index in [1.54, 1.807) is 72.8 Å². The molecule has 0 aromatic heterocycles. The van der Waals surface area contributed by atoms with Crippen molar-refractivity contribution >= 4 is 33.1 Å². The SMILES string of the molecule is COc1cccc(N(CCCC(=O)Nc2ccccc2C(=O)c2ccccc2)S(C)(=O)=O)c1. The van der Waals surface area contributed by atoms with Gasteiger partial charge in [-0.15, -0.1) is 0 Å². The minimum Gasteiger partial charge on any atom is -0.497 e. The Morgan fingerprint density at radius 2 is 1.64 bits per heavy atom. The van der Waals surface area contributed by atoms with Crippen LogP contribution in [0.1, 0.15) is 28.8 Å². The number of ether oxygens (including phenoxy) is 1. The Hall–Kier alpha value is -3.65. The Morgan fingerprint density at radius 3 is 2.33 bits per heavy atom. The number of benzene rings is 3. The first-order valence-corrected chi connectivity index (χ1v) is 12.2. The molecule has 0 aliphatic carbocycles. The van der Waals surface area contributed by atoms with Crippen molar-refractivity contribution < 1.29 is 22.7 Å². The van der Waals surface area contributed by atoms with Gasteiger partial charge in [-0.2, -0.15) is 0 Å². The normalized spacial score (nSPS) is 11.0. The molecular formula is C25H26N2O5S. The van der Waals surface area contributed by atoms with Gasteiger partial charge in [0.2, 0.25) is 15.9 Å². The fourth-order valence-corrected chi connectivity index (χ4v) is 4.34. The molecule has 172 valence electrons. The summed E-state index contributed by atoms with van der Waals surface area (Å²) in [6, 6.07) is 22.4. The molecule has 8 heteroatoms. The summed E-state index contributed by atoms with van der Waals surface area (Å²) in [7, 11) is -2.04. The molecule has 0 bridgehead atoms. The second kappa shape index (κ2) is 10.8. The van der Waals surface area contributed by atoms with Crippen molar-refractivity contribution in [1.29, 1.82) is 0 Å². The van der Waals surface area contributed by atoms with Crippen LogP contribution in [0, 0.1) is 0 Å². The predicted molar refractivity (Wildman–Crippen MR) is 129 cm³/mol. The summed E-state index contributed by atoms with van der Waals surface area (Å²) in [6.45, 7) is 0.129. The van der Waals surface area contributed by atoms with E-state index in [0.29, 0.717) is 34.7 Å². The number of para-hydroxylation sites is 1. The highest BCUT2D eigenvalue weighted by Gasteiger charge is 2.19. The molecule has 0 aliphatic rings. The largest absolute Gasteiger partial charge is 0.497 e. The summed E-state index contributed by atoms with van der Waals surface area (Å²) in [5.74, 6) is 0.0498. The van der Waals surface area contributed by atoms with Crippen LogP contribution in [0.4, 0.5) is 11.4 Å². The predicted octanol–water partition coefficient (Wildman–Crippen LogP) is 4.11. The molecular weight excluding hydrogens is 440 g/mol. The van der Waals surface area contributed by atoms with Crippen molar-refractivity contribution in [1.82, 2.24) is 0 Å². The van der Waals surface area contributed by atoms with E-state index in [1.165, 1.54) is 11.4 Å². The fraction of sp³-hybridized carbons (Fsp3) is 0.200. The van der Waals surface area contributed by atoms with Crippen LogP contribution in [0.15, 0.2) is 78.9 Å². The molecule has 7 nitrogen and oxygen atoms in total. The number of anilines is 2. The smallest absolute Gasteiger partial charge is 0.232 e. The van der Waals surface area contributed by atoms with Gasteiger partial charge in [0.15, 0.2) is 5.78 Å². The lowest BCUT2D eigenvalue weighted by atomic mass is 10.0. The quantitative estimate of drug-likeness (QED) is 0.454. The van der Waals surface area contributed by atoms with Gasteiger partial charge in [0.25, 0.3) is 0 Å².